The smallest absolute Gasteiger partial charge is 0.00914 e. The fourth-order valence-electron chi connectivity index (χ4n) is 2.69. The lowest BCUT2D eigenvalue weighted by molar-refractivity contribution is 0.180. The summed E-state index contributed by atoms with van der Waals surface area (Å²) in [4.78, 5) is 2.62. The molecule has 0 atom stereocenters. The summed E-state index contributed by atoms with van der Waals surface area (Å²) in [6.45, 7) is 12.0. The van der Waals surface area contributed by atoms with E-state index in [1.807, 2.05) is 0 Å². The molecule has 0 bridgehead atoms. The topological polar surface area (TPSA) is 15.3 Å². The first-order valence-electron chi connectivity index (χ1n) is 7.68. The summed E-state index contributed by atoms with van der Waals surface area (Å²) in [6.07, 6.45) is 8.19. The van der Waals surface area contributed by atoms with E-state index >= 15 is 0 Å². The van der Waals surface area contributed by atoms with E-state index in [0.29, 0.717) is 0 Å². The molecule has 0 radical (unpaired) electrons. The summed E-state index contributed by atoms with van der Waals surface area (Å²) in [7, 11) is 0. The molecule has 0 aromatic heterocycles. The molecule has 102 valence electrons. The van der Waals surface area contributed by atoms with E-state index in [0.717, 1.165) is 12.0 Å². The third-order valence-electron chi connectivity index (χ3n) is 3.67. The summed E-state index contributed by atoms with van der Waals surface area (Å²) < 4.78 is 0. The van der Waals surface area contributed by atoms with E-state index in [1.165, 1.54) is 64.7 Å². The van der Waals surface area contributed by atoms with Gasteiger partial charge in [-0.1, -0.05) is 40.0 Å². The maximum absolute atomic E-state index is 3.73. The van der Waals surface area contributed by atoms with Crippen LogP contribution in [0.15, 0.2) is 0 Å². The van der Waals surface area contributed by atoms with Gasteiger partial charge in [0, 0.05) is 12.6 Å². The van der Waals surface area contributed by atoms with E-state index in [2.05, 4.69) is 31.0 Å². The van der Waals surface area contributed by atoms with Crippen molar-refractivity contribution < 1.29 is 0 Å². The highest BCUT2D eigenvalue weighted by atomic mass is 15.1. The van der Waals surface area contributed by atoms with Crippen molar-refractivity contribution in [1.82, 2.24) is 10.2 Å². The van der Waals surface area contributed by atoms with Crippen LogP contribution in [0.2, 0.25) is 0 Å². The molecule has 2 nitrogen and oxygen atoms in total. The van der Waals surface area contributed by atoms with E-state index < -0.39 is 0 Å². The molecular formula is C15H32N2. The van der Waals surface area contributed by atoms with Gasteiger partial charge in [-0.25, -0.2) is 0 Å². The van der Waals surface area contributed by atoms with E-state index in [-0.39, 0.29) is 0 Å². The Bertz CT molecular complexity index is 172. The van der Waals surface area contributed by atoms with Gasteiger partial charge in [0.15, 0.2) is 0 Å². The first kappa shape index (κ1) is 15.0. The maximum Gasteiger partial charge on any atom is 0.00914 e. The molecule has 0 aromatic rings. The van der Waals surface area contributed by atoms with E-state index in [1.54, 1.807) is 0 Å². The molecule has 0 spiro atoms. The number of piperidine rings is 1. The first-order chi connectivity index (χ1) is 8.22. The van der Waals surface area contributed by atoms with Crippen LogP contribution in [0.3, 0.4) is 0 Å². The third-order valence-corrected chi connectivity index (χ3v) is 3.67. The molecule has 1 aliphatic rings. The normalized spacial score (nSPS) is 19.1. The highest BCUT2D eigenvalue weighted by Gasteiger charge is 2.18. The van der Waals surface area contributed by atoms with Gasteiger partial charge in [-0.15, -0.1) is 0 Å². The Hall–Kier alpha value is -0.0800. The number of nitrogens with one attached hydrogen (secondary N) is 1. The minimum absolute atomic E-state index is 0.792. The van der Waals surface area contributed by atoms with Crippen molar-refractivity contribution in [3.05, 3.63) is 0 Å². The fraction of sp³-hybridized carbons (Fsp3) is 1.00. The van der Waals surface area contributed by atoms with E-state index in [9.17, 15) is 0 Å². The van der Waals surface area contributed by atoms with Gasteiger partial charge in [0.2, 0.25) is 0 Å². The molecule has 17 heavy (non-hydrogen) atoms. The fourth-order valence-corrected chi connectivity index (χ4v) is 2.69. The number of hydrogen-bond donors (Lipinski definition) is 1. The van der Waals surface area contributed by atoms with Crippen LogP contribution in [-0.4, -0.2) is 37.1 Å². The van der Waals surface area contributed by atoms with Crippen molar-refractivity contribution in [3.8, 4) is 0 Å². The van der Waals surface area contributed by atoms with Crippen LogP contribution in [0, 0.1) is 5.92 Å². The number of unbranched alkanes of at least 4 members (excludes halogenated alkanes) is 3. The monoisotopic (exact) mass is 240 g/mol. The maximum atomic E-state index is 3.73. The zero-order valence-corrected chi connectivity index (χ0v) is 12.2. The van der Waals surface area contributed by atoms with E-state index in [4.69, 9.17) is 0 Å². The molecule has 0 aromatic carbocycles. The largest absolute Gasteiger partial charge is 0.314 e. The molecule has 1 rings (SSSR count). The molecule has 1 fully saturated rings. The number of likely N-dealkylation sites (tertiary alicyclic amines) is 1. The van der Waals surface area contributed by atoms with Gasteiger partial charge >= 0.3 is 0 Å². The summed E-state index contributed by atoms with van der Waals surface area (Å²) in [5.74, 6) is 0.813. The Kier molecular flexibility index (Phi) is 7.87. The van der Waals surface area contributed by atoms with Crippen molar-refractivity contribution in [1.29, 1.82) is 0 Å². The van der Waals surface area contributed by atoms with Gasteiger partial charge in [0.1, 0.15) is 0 Å². The molecule has 1 N–H and O–H groups in total. The minimum atomic E-state index is 0.792. The van der Waals surface area contributed by atoms with Crippen molar-refractivity contribution >= 4 is 0 Å². The quantitative estimate of drug-likeness (QED) is 0.655. The highest BCUT2D eigenvalue weighted by Crippen LogP contribution is 2.12. The summed E-state index contributed by atoms with van der Waals surface area (Å²) >= 11 is 0. The summed E-state index contributed by atoms with van der Waals surface area (Å²) in [5, 5.41) is 3.73. The van der Waals surface area contributed by atoms with Crippen LogP contribution in [0.1, 0.15) is 59.3 Å². The molecule has 1 aliphatic heterocycles. The first-order valence-corrected chi connectivity index (χ1v) is 7.68. The molecular weight excluding hydrogens is 208 g/mol. The van der Waals surface area contributed by atoms with Crippen LogP contribution in [0.4, 0.5) is 0 Å². The zero-order valence-electron chi connectivity index (χ0n) is 12.2. The van der Waals surface area contributed by atoms with Crippen LogP contribution >= 0.6 is 0 Å². The van der Waals surface area contributed by atoms with Crippen molar-refractivity contribution in [2.24, 2.45) is 5.92 Å². The second kappa shape index (κ2) is 8.93. The van der Waals surface area contributed by atoms with Crippen molar-refractivity contribution in [2.45, 2.75) is 65.3 Å². The van der Waals surface area contributed by atoms with Gasteiger partial charge in [-0.05, 0) is 44.8 Å². The van der Waals surface area contributed by atoms with Gasteiger partial charge in [0.05, 0.1) is 0 Å². The van der Waals surface area contributed by atoms with Crippen LogP contribution in [-0.2, 0) is 0 Å². The average Bonchev–Trinajstić information content (AvgIpc) is 2.30. The Labute approximate surface area is 108 Å². The van der Waals surface area contributed by atoms with Crippen molar-refractivity contribution in [3.63, 3.8) is 0 Å². The summed E-state index contributed by atoms with van der Waals surface area (Å²) in [5.41, 5.74) is 0. The molecule has 0 unspecified atom stereocenters. The molecule has 1 saturated heterocycles. The second-order valence-electron chi connectivity index (χ2n) is 5.98. The number of hydrogen-bond acceptors (Lipinski definition) is 2. The number of nitrogens with zero attached hydrogens (tertiary/aromatic N) is 1. The zero-order chi connectivity index (χ0) is 12.5. The summed E-state index contributed by atoms with van der Waals surface area (Å²) in [6, 6.07) is 0.792. The van der Waals surface area contributed by atoms with Gasteiger partial charge < -0.3 is 10.2 Å². The minimum Gasteiger partial charge on any atom is -0.314 e. The SMILES string of the molecule is CCCCCCNC1CCN(CC(C)C)CC1. The molecule has 2 heteroatoms. The Morgan fingerprint density at radius 2 is 1.82 bits per heavy atom. The molecule has 0 saturated carbocycles. The lowest BCUT2D eigenvalue weighted by atomic mass is 10.0. The average molecular weight is 240 g/mol. The van der Waals surface area contributed by atoms with Gasteiger partial charge in [-0.2, -0.15) is 0 Å². The van der Waals surface area contributed by atoms with Gasteiger partial charge in [-0.3, -0.25) is 0 Å². The Morgan fingerprint density at radius 3 is 2.41 bits per heavy atom. The van der Waals surface area contributed by atoms with Gasteiger partial charge in [0.25, 0.3) is 0 Å². The standard InChI is InChI=1S/C15H32N2/c1-4-5-6-7-10-16-15-8-11-17(12-9-15)13-14(2)3/h14-16H,4-13H2,1-3H3. The predicted octanol–water partition coefficient (Wildman–Crippen LogP) is 3.28. The Balaban J connectivity index is 1.99. The lowest BCUT2D eigenvalue weighted by Crippen LogP contribution is -2.43. The Morgan fingerprint density at radius 1 is 1.12 bits per heavy atom. The lowest BCUT2D eigenvalue weighted by Gasteiger charge is -2.33. The third kappa shape index (κ3) is 7.05. The van der Waals surface area contributed by atoms with Crippen molar-refractivity contribution in [2.75, 3.05) is 26.2 Å². The highest BCUT2D eigenvalue weighted by molar-refractivity contribution is 4.77. The molecule has 1 heterocycles. The molecule has 0 amide bonds. The van der Waals surface area contributed by atoms with Crippen LogP contribution in [0.5, 0.6) is 0 Å². The molecule has 0 aliphatic carbocycles. The second-order valence-corrected chi connectivity index (χ2v) is 5.98. The number of rotatable bonds is 8. The predicted molar refractivity (Wildman–Crippen MR) is 76.4 cm³/mol. The van der Waals surface area contributed by atoms with Crippen LogP contribution in [0.25, 0.3) is 0 Å². The van der Waals surface area contributed by atoms with Crippen LogP contribution < -0.4 is 5.32 Å².